The van der Waals surface area contributed by atoms with Crippen molar-refractivity contribution in [2.24, 2.45) is 0 Å². The molecule has 1 aromatic heterocycles. The highest BCUT2D eigenvalue weighted by molar-refractivity contribution is 7.89. The summed E-state index contributed by atoms with van der Waals surface area (Å²) in [4.78, 5) is 4.38. The second-order valence-corrected chi connectivity index (χ2v) is 7.01. The number of nitrogens with two attached hydrogens (primary N) is 1. The number of nitrogens with zero attached hydrogens (tertiary/aromatic N) is 1. The summed E-state index contributed by atoms with van der Waals surface area (Å²) in [5.74, 6) is 0. The number of nitrogens with one attached hydrogen (secondary N) is 1. The molecule has 0 bridgehead atoms. The molecule has 1 aromatic carbocycles. The summed E-state index contributed by atoms with van der Waals surface area (Å²) in [5.41, 5.74) is 6.90. The summed E-state index contributed by atoms with van der Waals surface area (Å²) in [6.07, 6.45) is 2.94. The number of benzene rings is 1. The molecule has 0 unspecified atom stereocenters. The van der Waals surface area contributed by atoms with Crippen LogP contribution in [0.2, 0.25) is 0 Å². The molecule has 0 amide bonds. The average Bonchev–Trinajstić information content (AvgIpc) is 2.91. The van der Waals surface area contributed by atoms with Crippen LogP contribution in [0.1, 0.15) is 17.5 Å². The van der Waals surface area contributed by atoms with Crippen LogP contribution in [0.15, 0.2) is 34.7 Å². The number of anilines is 1. The van der Waals surface area contributed by atoms with Crippen LogP contribution in [-0.2, 0) is 22.9 Å². The molecule has 0 aliphatic heterocycles. The average molecular weight is 311 g/mol. The Morgan fingerprint density at radius 2 is 2.20 bits per heavy atom. The van der Waals surface area contributed by atoms with E-state index in [-0.39, 0.29) is 4.90 Å². The lowest BCUT2D eigenvalue weighted by Crippen LogP contribution is -2.27. The third kappa shape index (κ3) is 3.56. The molecular weight excluding hydrogens is 294 g/mol. The van der Waals surface area contributed by atoms with Gasteiger partial charge in [-0.1, -0.05) is 13.0 Å². The SMILES string of the molecule is CCc1ccc(N)cc1S(=O)(=O)NCCc1nccs1. The van der Waals surface area contributed by atoms with Gasteiger partial charge in [0.1, 0.15) is 0 Å². The van der Waals surface area contributed by atoms with Crippen LogP contribution >= 0.6 is 11.3 Å². The van der Waals surface area contributed by atoms with E-state index in [9.17, 15) is 8.42 Å². The van der Waals surface area contributed by atoms with Crippen molar-refractivity contribution < 1.29 is 8.42 Å². The minimum atomic E-state index is -3.53. The van der Waals surface area contributed by atoms with Gasteiger partial charge in [0.05, 0.1) is 9.90 Å². The second kappa shape index (κ2) is 6.34. The number of nitrogen functional groups attached to an aromatic ring is 1. The van der Waals surface area contributed by atoms with Crippen molar-refractivity contribution in [3.05, 3.63) is 40.3 Å². The van der Waals surface area contributed by atoms with Crippen LogP contribution in [0.3, 0.4) is 0 Å². The smallest absolute Gasteiger partial charge is 0.240 e. The largest absolute Gasteiger partial charge is 0.399 e. The number of sulfonamides is 1. The van der Waals surface area contributed by atoms with Gasteiger partial charge in [-0.25, -0.2) is 18.1 Å². The Morgan fingerprint density at radius 1 is 1.40 bits per heavy atom. The molecule has 0 saturated heterocycles. The zero-order valence-electron chi connectivity index (χ0n) is 11.2. The number of hydrogen-bond donors (Lipinski definition) is 2. The number of rotatable bonds is 6. The van der Waals surface area contributed by atoms with Crippen LogP contribution in [0.25, 0.3) is 0 Å². The minimum absolute atomic E-state index is 0.263. The normalized spacial score (nSPS) is 11.7. The topological polar surface area (TPSA) is 85.1 Å². The van der Waals surface area contributed by atoms with Gasteiger partial charge < -0.3 is 5.73 Å². The van der Waals surface area contributed by atoms with E-state index in [2.05, 4.69) is 9.71 Å². The molecule has 0 spiro atoms. The van der Waals surface area contributed by atoms with Gasteiger partial charge >= 0.3 is 0 Å². The van der Waals surface area contributed by atoms with Gasteiger partial charge in [0.15, 0.2) is 0 Å². The molecule has 108 valence electrons. The van der Waals surface area contributed by atoms with Crippen molar-refractivity contribution in [3.63, 3.8) is 0 Å². The quantitative estimate of drug-likeness (QED) is 0.797. The molecule has 7 heteroatoms. The molecular formula is C13H17N3O2S2. The van der Waals surface area contributed by atoms with E-state index in [1.54, 1.807) is 18.3 Å². The van der Waals surface area contributed by atoms with Gasteiger partial charge in [-0.3, -0.25) is 0 Å². The Balaban J connectivity index is 2.11. The Labute approximate surface area is 122 Å². The number of aromatic nitrogens is 1. The summed E-state index contributed by atoms with van der Waals surface area (Å²) in [6, 6.07) is 4.97. The summed E-state index contributed by atoms with van der Waals surface area (Å²) < 4.78 is 27.2. The first kappa shape index (κ1) is 15.0. The molecule has 0 aliphatic rings. The number of thiazole rings is 1. The first-order chi connectivity index (χ1) is 9.53. The summed E-state index contributed by atoms with van der Waals surface area (Å²) in [5, 5.41) is 2.78. The van der Waals surface area contributed by atoms with Crippen molar-refractivity contribution in [2.75, 3.05) is 12.3 Å². The third-order valence-electron chi connectivity index (χ3n) is 2.88. The Hall–Kier alpha value is -1.44. The fourth-order valence-electron chi connectivity index (χ4n) is 1.86. The van der Waals surface area contributed by atoms with E-state index < -0.39 is 10.0 Å². The van der Waals surface area contributed by atoms with Crippen molar-refractivity contribution in [2.45, 2.75) is 24.7 Å². The maximum Gasteiger partial charge on any atom is 0.240 e. The maximum absolute atomic E-state index is 12.3. The molecule has 0 atom stereocenters. The van der Waals surface area contributed by atoms with E-state index >= 15 is 0 Å². The standard InChI is InChI=1S/C13H17N3O2S2/c1-2-10-3-4-11(14)9-12(10)20(17,18)16-6-5-13-15-7-8-19-13/h3-4,7-9,16H,2,5-6,14H2,1H3. The number of aryl methyl sites for hydroxylation is 1. The summed E-state index contributed by atoms with van der Waals surface area (Å²) in [6.45, 7) is 2.24. The van der Waals surface area contributed by atoms with E-state index in [1.807, 2.05) is 12.3 Å². The van der Waals surface area contributed by atoms with Crippen molar-refractivity contribution in [1.29, 1.82) is 0 Å². The van der Waals surface area contributed by atoms with Gasteiger partial charge in [0.25, 0.3) is 0 Å². The lowest BCUT2D eigenvalue weighted by Gasteiger charge is -2.11. The molecule has 0 aliphatic carbocycles. The van der Waals surface area contributed by atoms with Crippen LogP contribution in [0.5, 0.6) is 0 Å². The van der Waals surface area contributed by atoms with Gasteiger partial charge in [0, 0.05) is 30.2 Å². The van der Waals surface area contributed by atoms with Gasteiger partial charge in [0.2, 0.25) is 10.0 Å². The molecule has 20 heavy (non-hydrogen) atoms. The summed E-state index contributed by atoms with van der Waals surface area (Å²) >= 11 is 1.51. The predicted octanol–water partition coefficient (Wildman–Crippen LogP) is 1.81. The Bertz CT molecular complexity index is 667. The van der Waals surface area contributed by atoms with Crippen molar-refractivity contribution in [3.8, 4) is 0 Å². The Kier molecular flexibility index (Phi) is 4.74. The van der Waals surface area contributed by atoms with E-state index in [0.29, 0.717) is 25.1 Å². The molecule has 2 rings (SSSR count). The van der Waals surface area contributed by atoms with Crippen LogP contribution in [0, 0.1) is 0 Å². The monoisotopic (exact) mass is 311 g/mol. The fourth-order valence-corrected chi connectivity index (χ4v) is 3.86. The van der Waals surface area contributed by atoms with Crippen LogP contribution < -0.4 is 10.5 Å². The second-order valence-electron chi connectivity index (χ2n) is 4.29. The van der Waals surface area contributed by atoms with E-state index in [1.165, 1.54) is 17.4 Å². The third-order valence-corrected chi connectivity index (χ3v) is 5.26. The van der Waals surface area contributed by atoms with Crippen LogP contribution in [0.4, 0.5) is 5.69 Å². The molecule has 0 radical (unpaired) electrons. The summed E-state index contributed by atoms with van der Waals surface area (Å²) in [7, 11) is -3.53. The fraction of sp³-hybridized carbons (Fsp3) is 0.308. The highest BCUT2D eigenvalue weighted by Gasteiger charge is 2.17. The van der Waals surface area contributed by atoms with E-state index in [4.69, 9.17) is 5.73 Å². The first-order valence-corrected chi connectivity index (χ1v) is 8.65. The van der Waals surface area contributed by atoms with Crippen LogP contribution in [-0.4, -0.2) is 19.9 Å². The van der Waals surface area contributed by atoms with Gasteiger partial charge in [-0.15, -0.1) is 11.3 Å². The molecule has 0 fully saturated rings. The minimum Gasteiger partial charge on any atom is -0.399 e. The predicted molar refractivity (Wildman–Crippen MR) is 81.2 cm³/mol. The highest BCUT2D eigenvalue weighted by atomic mass is 32.2. The number of hydrogen-bond acceptors (Lipinski definition) is 5. The zero-order chi connectivity index (χ0) is 14.6. The molecule has 1 heterocycles. The lowest BCUT2D eigenvalue weighted by atomic mass is 10.1. The first-order valence-electron chi connectivity index (χ1n) is 6.29. The molecule has 3 N–H and O–H groups in total. The molecule has 5 nitrogen and oxygen atoms in total. The lowest BCUT2D eigenvalue weighted by molar-refractivity contribution is 0.580. The van der Waals surface area contributed by atoms with Gasteiger partial charge in [-0.05, 0) is 24.1 Å². The maximum atomic E-state index is 12.3. The van der Waals surface area contributed by atoms with E-state index in [0.717, 1.165) is 10.6 Å². The zero-order valence-corrected chi connectivity index (χ0v) is 12.8. The van der Waals surface area contributed by atoms with Gasteiger partial charge in [-0.2, -0.15) is 0 Å². The molecule has 0 saturated carbocycles. The van der Waals surface area contributed by atoms with Crippen molar-refractivity contribution in [1.82, 2.24) is 9.71 Å². The Morgan fingerprint density at radius 3 is 2.85 bits per heavy atom. The highest BCUT2D eigenvalue weighted by Crippen LogP contribution is 2.19. The van der Waals surface area contributed by atoms with Crippen molar-refractivity contribution >= 4 is 27.0 Å². The molecule has 2 aromatic rings.